The minimum absolute atomic E-state index is 0.220. The third kappa shape index (κ3) is 2.76. The Bertz CT molecular complexity index is 580. The van der Waals surface area contributed by atoms with Gasteiger partial charge in [-0.2, -0.15) is 0 Å². The largest absolute Gasteiger partial charge is 0.459 e. The van der Waals surface area contributed by atoms with Gasteiger partial charge in [-0.25, -0.2) is 0 Å². The normalized spacial score (nSPS) is 12.2. The molecule has 1 heterocycles. The molecule has 20 heavy (non-hydrogen) atoms. The van der Waals surface area contributed by atoms with E-state index in [4.69, 9.17) is 4.42 Å². The van der Waals surface area contributed by atoms with E-state index >= 15 is 0 Å². The van der Waals surface area contributed by atoms with Gasteiger partial charge in [0.1, 0.15) is 11.3 Å². The lowest BCUT2D eigenvalue weighted by molar-refractivity contribution is 0.506. The second-order valence-electron chi connectivity index (χ2n) is 6.23. The number of rotatable bonds is 6. The van der Waals surface area contributed by atoms with Gasteiger partial charge in [0.2, 0.25) is 0 Å². The maximum absolute atomic E-state index is 6.03. The summed E-state index contributed by atoms with van der Waals surface area (Å²) in [5.74, 6) is 1.09. The lowest BCUT2D eigenvalue weighted by Gasteiger charge is -2.23. The van der Waals surface area contributed by atoms with Gasteiger partial charge in [-0.05, 0) is 43.0 Å². The molecule has 2 heteroatoms. The number of benzene rings is 1. The lowest BCUT2D eigenvalue weighted by Crippen LogP contribution is -2.15. The van der Waals surface area contributed by atoms with E-state index in [0.717, 1.165) is 37.2 Å². The Morgan fingerprint density at radius 3 is 2.55 bits per heavy atom. The fraction of sp³-hybridized carbons (Fsp3) is 0.556. The second-order valence-corrected chi connectivity index (χ2v) is 6.23. The quantitative estimate of drug-likeness (QED) is 0.818. The fourth-order valence-corrected chi connectivity index (χ4v) is 2.65. The van der Waals surface area contributed by atoms with Crippen molar-refractivity contribution in [2.45, 2.75) is 58.9 Å². The van der Waals surface area contributed by atoms with Crippen molar-refractivity contribution in [2.24, 2.45) is 0 Å². The van der Waals surface area contributed by atoms with Crippen LogP contribution in [0.4, 0.5) is 0 Å². The molecule has 0 spiro atoms. The van der Waals surface area contributed by atoms with Gasteiger partial charge in [0, 0.05) is 10.9 Å². The summed E-state index contributed by atoms with van der Waals surface area (Å²) in [6, 6.07) is 6.70. The highest BCUT2D eigenvalue weighted by atomic mass is 16.3. The molecule has 2 aromatic rings. The molecule has 110 valence electrons. The van der Waals surface area contributed by atoms with Crippen LogP contribution in [0.25, 0.3) is 11.0 Å². The summed E-state index contributed by atoms with van der Waals surface area (Å²) in [4.78, 5) is 0. The molecule has 1 N–H and O–H groups in total. The number of aryl methyl sites for hydroxylation is 1. The van der Waals surface area contributed by atoms with Crippen LogP contribution in [0.1, 0.15) is 57.4 Å². The van der Waals surface area contributed by atoms with Crippen molar-refractivity contribution < 1.29 is 4.42 Å². The van der Waals surface area contributed by atoms with E-state index in [0.29, 0.717) is 0 Å². The standard InChI is InChI=1S/C18H27NO/c1-6-8-14-15-11-13(18(3,4)7-2)9-10-16(15)20-17(14)12-19-5/h9-11,19H,6-8,12H2,1-5H3. The zero-order valence-corrected chi connectivity index (χ0v) is 13.5. The molecule has 0 saturated carbocycles. The molecule has 0 aliphatic heterocycles. The number of nitrogens with one attached hydrogen (secondary N) is 1. The molecule has 0 aliphatic rings. The first-order chi connectivity index (χ1) is 9.53. The highest BCUT2D eigenvalue weighted by Crippen LogP contribution is 2.33. The first-order valence-corrected chi connectivity index (χ1v) is 7.72. The molecule has 0 aliphatic carbocycles. The van der Waals surface area contributed by atoms with Crippen LogP contribution in [0.5, 0.6) is 0 Å². The van der Waals surface area contributed by atoms with E-state index in [-0.39, 0.29) is 5.41 Å². The van der Waals surface area contributed by atoms with Crippen LogP contribution in [0.3, 0.4) is 0 Å². The lowest BCUT2D eigenvalue weighted by atomic mass is 9.81. The SMILES string of the molecule is CCCc1c(CNC)oc2ccc(C(C)(C)CC)cc12. The van der Waals surface area contributed by atoms with E-state index in [9.17, 15) is 0 Å². The number of fused-ring (bicyclic) bond motifs is 1. The molecule has 0 saturated heterocycles. The minimum Gasteiger partial charge on any atom is -0.459 e. The summed E-state index contributed by atoms with van der Waals surface area (Å²) >= 11 is 0. The van der Waals surface area contributed by atoms with Crippen molar-refractivity contribution in [1.29, 1.82) is 0 Å². The Kier molecular flexibility index (Phi) is 4.54. The predicted molar refractivity (Wildman–Crippen MR) is 86.3 cm³/mol. The first-order valence-electron chi connectivity index (χ1n) is 7.72. The second kappa shape index (κ2) is 6.01. The van der Waals surface area contributed by atoms with Gasteiger partial charge < -0.3 is 9.73 Å². The average molecular weight is 273 g/mol. The van der Waals surface area contributed by atoms with E-state index in [1.54, 1.807) is 0 Å². The number of hydrogen-bond acceptors (Lipinski definition) is 2. The molecule has 1 aromatic heterocycles. The van der Waals surface area contributed by atoms with Crippen LogP contribution in [-0.4, -0.2) is 7.05 Å². The van der Waals surface area contributed by atoms with Crippen molar-refractivity contribution in [2.75, 3.05) is 7.05 Å². The van der Waals surface area contributed by atoms with Crippen molar-refractivity contribution >= 4 is 11.0 Å². The Hall–Kier alpha value is -1.28. The van der Waals surface area contributed by atoms with Crippen molar-refractivity contribution in [3.63, 3.8) is 0 Å². The maximum atomic E-state index is 6.03. The van der Waals surface area contributed by atoms with E-state index in [1.165, 1.54) is 16.5 Å². The van der Waals surface area contributed by atoms with Crippen molar-refractivity contribution in [1.82, 2.24) is 5.32 Å². The van der Waals surface area contributed by atoms with Crippen LogP contribution >= 0.6 is 0 Å². The number of furan rings is 1. The minimum atomic E-state index is 0.220. The smallest absolute Gasteiger partial charge is 0.134 e. The monoisotopic (exact) mass is 273 g/mol. The maximum Gasteiger partial charge on any atom is 0.134 e. The Balaban J connectivity index is 2.57. The van der Waals surface area contributed by atoms with Gasteiger partial charge in [0.05, 0.1) is 6.54 Å². The van der Waals surface area contributed by atoms with Gasteiger partial charge in [-0.3, -0.25) is 0 Å². The summed E-state index contributed by atoms with van der Waals surface area (Å²) in [6.45, 7) is 9.89. The summed E-state index contributed by atoms with van der Waals surface area (Å²) in [5, 5.41) is 4.51. The Morgan fingerprint density at radius 1 is 1.20 bits per heavy atom. The summed E-state index contributed by atoms with van der Waals surface area (Å²) in [7, 11) is 1.97. The van der Waals surface area contributed by atoms with Gasteiger partial charge in [-0.1, -0.05) is 40.2 Å². The first kappa shape index (κ1) is 15.1. The van der Waals surface area contributed by atoms with E-state index < -0.39 is 0 Å². The summed E-state index contributed by atoms with van der Waals surface area (Å²) < 4.78 is 6.03. The van der Waals surface area contributed by atoms with Crippen LogP contribution in [0.2, 0.25) is 0 Å². The fourth-order valence-electron chi connectivity index (χ4n) is 2.65. The molecule has 1 aromatic carbocycles. The van der Waals surface area contributed by atoms with Crippen LogP contribution < -0.4 is 5.32 Å². The third-order valence-corrected chi connectivity index (χ3v) is 4.38. The van der Waals surface area contributed by atoms with Gasteiger partial charge in [-0.15, -0.1) is 0 Å². The van der Waals surface area contributed by atoms with Gasteiger partial charge in [0.25, 0.3) is 0 Å². The molecule has 0 fully saturated rings. The molecule has 2 rings (SSSR count). The predicted octanol–water partition coefficient (Wildman–Crippen LogP) is 4.79. The molecular weight excluding hydrogens is 246 g/mol. The Labute approximate surface area is 122 Å². The van der Waals surface area contributed by atoms with Crippen LogP contribution in [0.15, 0.2) is 22.6 Å². The van der Waals surface area contributed by atoms with Crippen molar-refractivity contribution in [3.05, 3.63) is 35.1 Å². The Morgan fingerprint density at radius 2 is 1.95 bits per heavy atom. The van der Waals surface area contributed by atoms with Crippen LogP contribution in [0, 0.1) is 0 Å². The van der Waals surface area contributed by atoms with Gasteiger partial charge in [0.15, 0.2) is 0 Å². The third-order valence-electron chi connectivity index (χ3n) is 4.38. The molecule has 2 nitrogen and oxygen atoms in total. The van der Waals surface area contributed by atoms with Crippen molar-refractivity contribution in [3.8, 4) is 0 Å². The summed E-state index contributed by atoms with van der Waals surface area (Å²) in [6.07, 6.45) is 3.37. The topological polar surface area (TPSA) is 25.2 Å². The average Bonchev–Trinajstić information content (AvgIpc) is 2.77. The molecular formula is C18H27NO. The molecule has 0 atom stereocenters. The zero-order chi connectivity index (χ0) is 14.8. The highest BCUT2D eigenvalue weighted by molar-refractivity contribution is 5.83. The number of hydrogen-bond donors (Lipinski definition) is 1. The van der Waals surface area contributed by atoms with Crippen LogP contribution in [-0.2, 0) is 18.4 Å². The highest BCUT2D eigenvalue weighted by Gasteiger charge is 2.20. The molecule has 0 unspecified atom stereocenters. The van der Waals surface area contributed by atoms with Gasteiger partial charge >= 0.3 is 0 Å². The summed E-state index contributed by atoms with van der Waals surface area (Å²) in [5.41, 5.74) is 4.03. The molecule has 0 amide bonds. The zero-order valence-electron chi connectivity index (χ0n) is 13.5. The van der Waals surface area contributed by atoms with E-state index in [2.05, 4.69) is 51.2 Å². The molecule has 0 radical (unpaired) electrons. The van der Waals surface area contributed by atoms with E-state index in [1.807, 2.05) is 7.05 Å². The molecule has 0 bridgehead atoms.